The molecule has 31 heavy (non-hydrogen) atoms. The minimum absolute atomic E-state index is 0.991. The summed E-state index contributed by atoms with van der Waals surface area (Å²) in [5.41, 5.74) is 0. The Morgan fingerprint density at radius 2 is 0.806 bits per heavy atom. The molecule has 0 heterocycles. The molecule has 1 heteroatoms. The first kappa shape index (κ1) is 29.0. The lowest BCUT2D eigenvalue weighted by molar-refractivity contribution is -0.952. The molecular formula is C30H62N+. The Morgan fingerprint density at radius 1 is 0.419 bits per heavy atom. The normalized spacial score (nSPS) is 15.6. The van der Waals surface area contributed by atoms with Gasteiger partial charge in [-0.1, -0.05) is 117 Å². The number of rotatable bonds is 22. The molecule has 1 saturated carbocycles. The van der Waals surface area contributed by atoms with Crippen LogP contribution in [0.5, 0.6) is 0 Å². The number of nitrogens with zero attached hydrogens (tertiary/aromatic N) is 1. The highest BCUT2D eigenvalue weighted by Crippen LogP contribution is 2.30. The second kappa shape index (κ2) is 20.6. The average Bonchev–Trinajstić information content (AvgIpc) is 2.79. The molecule has 0 aromatic heterocycles. The van der Waals surface area contributed by atoms with Gasteiger partial charge in [0.15, 0.2) is 0 Å². The molecule has 0 radical (unpaired) electrons. The van der Waals surface area contributed by atoms with Crippen LogP contribution in [0.4, 0.5) is 0 Å². The van der Waals surface area contributed by atoms with Crippen LogP contribution in [0.3, 0.4) is 0 Å². The predicted octanol–water partition coefficient (Wildman–Crippen LogP) is 10.2. The predicted molar refractivity (Wildman–Crippen MR) is 142 cm³/mol. The third-order valence-electron chi connectivity index (χ3n) is 8.14. The third kappa shape index (κ3) is 14.0. The highest BCUT2D eigenvalue weighted by molar-refractivity contribution is 4.68. The highest BCUT2D eigenvalue weighted by atomic mass is 15.4. The maximum Gasteiger partial charge on any atom is 0.0890 e. The Morgan fingerprint density at radius 3 is 1.19 bits per heavy atom. The number of hydrogen-bond acceptors (Lipinski definition) is 0. The summed E-state index contributed by atoms with van der Waals surface area (Å²) in [4.78, 5) is 0. The molecule has 1 aliphatic rings. The van der Waals surface area contributed by atoms with Crippen molar-refractivity contribution < 1.29 is 4.48 Å². The summed E-state index contributed by atoms with van der Waals surface area (Å²) in [6.45, 7) is 11.5. The second-order valence-electron chi connectivity index (χ2n) is 11.0. The van der Waals surface area contributed by atoms with Crippen LogP contribution in [-0.4, -0.2) is 30.2 Å². The van der Waals surface area contributed by atoms with E-state index in [0.717, 1.165) is 6.04 Å². The smallest absolute Gasteiger partial charge is 0.0890 e. The van der Waals surface area contributed by atoms with E-state index < -0.39 is 0 Å². The van der Waals surface area contributed by atoms with Crippen molar-refractivity contribution in [3.8, 4) is 0 Å². The van der Waals surface area contributed by atoms with Crippen LogP contribution in [-0.2, 0) is 0 Å². The van der Waals surface area contributed by atoms with E-state index in [2.05, 4.69) is 20.8 Å². The summed E-state index contributed by atoms with van der Waals surface area (Å²) in [6.07, 6.45) is 33.9. The summed E-state index contributed by atoms with van der Waals surface area (Å²) in [6, 6.07) is 0.991. The van der Waals surface area contributed by atoms with Gasteiger partial charge >= 0.3 is 0 Å². The van der Waals surface area contributed by atoms with Gasteiger partial charge in [0, 0.05) is 0 Å². The van der Waals surface area contributed by atoms with Crippen LogP contribution in [0.2, 0.25) is 0 Å². The first-order valence-electron chi connectivity index (χ1n) is 15.1. The summed E-state index contributed by atoms with van der Waals surface area (Å²) < 4.78 is 1.48. The Kier molecular flexibility index (Phi) is 19.2. The molecule has 1 rings (SSSR count). The molecule has 0 spiro atoms. The van der Waals surface area contributed by atoms with E-state index in [1.807, 2.05) is 0 Å². The van der Waals surface area contributed by atoms with Gasteiger partial charge in [0.25, 0.3) is 0 Å². The highest BCUT2D eigenvalue weighted by Gasteiger charge is 2.35. The van der Waals surface area contributed by atoms with Gasteiger partial charge in [-0.3, -0.25) is 0 Å². The van der Waals surface area contributed by atoms with Crippen molar-refractivity contribution in [1.29, 1.82) is 0 Å². The second-order valence-corrected chi connectivity index (χ2v) is 11.0. The molecule has 1 fully saturated rings. The summed E-state index contributed by atoms with van der Waals surface area (Å²) in [5.74, 6) is 0. The zero-order valence-corrected chi connectivity index (χ0v) is 22.4. The Balaban J connectivity index is 2.02. The van der Waals surface area contributed by atoms with Gasteiger partial charge in [0.1, 0.15) is 0 Å². The number of quaternary nitrogens is 1. The van der Waals surface area contributed by atoms with Gasteiger partial charge in [-0.25, -0.2) is 0 Å². The molecule has 1 nitrogen and oxygen atoms in total. The molecule has 0 bridgehead atoms. The van der Waals surface area contributed by atoms with Gasteiger partial charge in [-0.15, -0.1) is 0 Å². The minimum Gasteiger partial charge on any atom is -0.321 e. The molecule has 0 saturated heterocycles. The summed E-state index contributed by atoms with van der Waals surface area (Å²) >= 11 is 0. The van der Waals surface area contributed by atoms with E-state index in [-0.39, 0.29) is 0 Å². The van der Waals surface area contributed by atoms with E-state index in [1.165, 1.54) is 172 Å². The van der Waals surface area contributed by atoms with Crippen LogP contribution >= 0.6 is 0 Å². The van der Waals surface area contributed by atoms with Crippen LogP contribution < -0.4 is 0 Å². The fourth-order valence-corrected chi connectivity index (χ4v) is 6.38. The van der Waals surface area contributed by atoms with Crippen molar-refractivity contribution in [1.82, 2.24) is 0 Å². The van der Waals surface area contributed by atoms with Crippen molar-refractivity contribution in [2.24, 2.45) is 0 Å². The largest absolute Gasteiger partial charge is 0.321 e. The fourth-order valence-electron chi connectivity index (χ4n) is 6.38. The molecule has 0 atom stereocenters. The zero-order chi connectivity index (χ0) is 22.5. The average molecular weight is 437 g/mol. The van der Waals surface area contributed by atoms with Crippen LogP contribution in [0.25, 0.3) is 0 Å². The van der Waals surface area contributed by atoms with Gasteiger partial charge in [0.2, 0.25) is 0 Å². The Bertz CT molecular complexity index is 351. The van der Waals surface area contributed by atoms with Crippen molar-refractivity contribution in [3.63, 3.8) is 0 Å². The van der Waals surface area contributed by atoms with E-state index in [1.54, 1.807) is 0 Å². The standard InChI is InChI=1S/C30H62N/c1-4-7-8-9-10-11-12-13-14-15-16-17-18-19-20-24-29-31(27-5-2,28-6-3)30-25-22-21-23-26-30/h30H,4-29H2,1-3H3/q+1. The van der Waals surface area contributed by atoms with Crippen LogP contribution in [0.15, 0.2) is 0 Å². The van der Waals surface area contributed by atoms with Gasteiger partial charge in [-0.2, -0.15) is 0 Å². The number of hydrogen-bond donors (Lipinski definition) is 0. The summed E-state index contributed by atoms with van der Waals surface area (Å²) in [7, 11) is 0. The molecule has 0 aliphatic heterocycles. The van der Waals surface area contributed by atoms with E-state index in [9.17, 15) is 0 Å². The quantitative estimate of drug-likeness (QED) is 0.117. The van der Waals surface area contributed by atoms with Crippen LogP contribution in [0, 0.1) is 0 Å². The molecule has 0 aromatic carbocycles. The minimum atomic E-state index is 0.991. The van der Waals surface area contributed by atoms with Gasteiger partial charge in [0.05, 0.1) is 25.7 Å². The van der Waals surface area contributed by atoms with Crippen molar-refractivity contribution in [3.05, 3.63) is 0 Å². The lowest BCUT2D eigenvalue weighted by Gasteiger charge is -2.47. The van der Waals surface area contributed by atoms with Gasteiger partial charge < -0.3 is 4.48 Å². The molecular weight excluding hydrogens is 374 g/mol. The molecule has 1 aliphatic carbocycles. The topological polar surface area (TPSA) is 0 Å². The first-order chi connectivity index (χ1) is 15.3. The fraction of sp³-hybridized carbons (Fsp3) is 1.00. The van der Waals surface area contributed by atoms with E-state index in [0.29, 0.717) is 0 Å². The third-order valence-corrected chi connectivity index (χ3v) is 8.14. The monoisotopic (exact) mass is 436 g/mol. The maximum absolute atomic E-state index is 2.42. The number of unbranched alkanes of at least 4 members (excludes halogenated alkanes) is 15. The SMILES string of the molecule is CCCCCCCCCCCCCCCCCC[N+](CCC)(CCC)C1CCCCC1. The Hall–Kier alpha value is -0.0400. The summed E-state index contributed by atoms with van der Waals surface area (Å²) in [5, 5.41) is 0. The van der Waals surface area contributed by atoms with Gasteiger partial charge in [-0.05, 0) is 51.4 Å². The molecule has 0 unspecified atom stereocenters. The van der Waals surface area contributed by atoms with E-state index in [4.69, 9.17) is 0 Å². The Labute approximate surface area is 198 Å². The van der Waals surface area contributed by atoms with Crippen molar-refractivity contribution in [2.75, 3.05) is 19.6 Å². The molecule has 0 aromatic rings. The lowest BCUT2D eigenvalue weighted by atomic mass is 9.91. The van der Waals surface area contributed by atoms with E-state index >= 15 is 0 Å². The molecule has 0 amide bonds. The maximum atomic E-state index is 2.42. The zero-order valence-electron chi connectivity index (χ0n) is 22.4. The first-order valence-corrected chi connectivity index (χ1v) is 15.1. The molecule has 0 N–H and O–H groups in total. The van der Waals surface area contributed by atoms with Crippen molar-refractivity contribution in [2.45, 2.75) is 174 Å². The molecule has 186 valence electrons. The van der Waals surface area contributed by atoms with Crippen LogP contribution in [0.1, 0.15) is 168 Å². The lowest BCUT2D eigenvalue weighted by Crippen LogP contribution is -2.57. The van der Waals surface area contributed by atoms with Crippen molar-refractivity contribution >= 4 is 0 Å².